The van der Waals surface area contributed by atoms with Crippen molar-refractivity contribution in [1.29, 1.82) is 0 Å². The number of rotatable bonds is 4. The Labute approximate surface area is 114 Å². The largest absolute Gasteiger partial charge is 0.385 e. The molecule has 1 N–H and O–H groups in total. The Morgan fingerprint density at radius 2 is 1.63 bits per heavy atom. The number of unbranched alkanes of at least 4 members (excludes halogenated alkanes) is 1. The van der Waals surface area contributed by atoms with Gasteiger partial charge in [0.1, 0.15) is 0 Å². The summed E-state index contributed by atoms with van der Waals surface area (Å²) in [5, 5.41) is 8.84. The quantitative estimate of drug-likeness (QED) is 0.494. The Morgan fingerprint density at radius 1 is 0.789 bits per heavy atom. The van der Waals surface area contributed by atoms with Crippen molar-refractivity contribution in [2.24, 2.45) is 0 Å². The van der Waals surface area contributed by atoms with Gasteiger partial charge in [-0.1, -0.05) is 61.9 Å². The molecule has 3 rings (SSSR count). The van der Waals surface area contributed by atoms with Gasteiger partial charge in [0.2, 0.25) is 0 Å². The number of fused-ring (bicyclic) bond motifs is 3. The fraction of sp³-hybridized carbons (Fsp3) is 0.222. The van der Waals surface area contributed by atoms with Gasteiger partial charge in [-0.25, -0.2) is 0 Å². The second-order valence-electron chi connectivity index (χ2n) is 4.97. The Bertz CT molecular complexity index is 700. The Balaban J connectivity index is 2.12. The molecule has 0 bridgehead atoms. The van der Waals surface area contributed by atoms with Crippen LogP contribution in [0.1, 0.15) is 19.8 Å². The lowest BCUT2D eigenvalue weighted by atomic mass is 10.0. The van der Waals surface area contributed by atoms with Gasteiger partial charge in [-0.05, 0) is 28.6 Å². The number of hydrogen-bond acceptors (Lipinski definition) is 1. The van der Waals surface area contributed by atoms with Gasteiger partial charge in [0, 0.05) is 17.6 Å². The number of benzene rings is 3. The third-order valence-electron chi connectivity index (χ3n) is 3.63. The van der Waals surface area contributed by atoms with Crippen LogP contribution in [0.4, 0.5) is 5.69 Å². The summed E-state index contributed by atoms with van der Waals surface area (Å²) in [4.78, 5) is 0. The minimum absolute atomic E-state index is 1.04. The topological polar surface area (TPSA) is 12.0 Å². The third kappa shape index (κ3) is 2.28. The number of hydrogen-bond donors (Lipinski definition) is 1. The molecule has 0 aromatic heterocycles. The average Bonchev–Trinajstić information content (AvgIpc) is 2.47. The van der Waals surface area contributed by atoms with E-state index in [0.29, 0.717) is 0 Å². The van der Waals surface area contributed by atoms with Crippen molar-refractivity contribution in [1.82, 2.24) is 0 Å². The zero-order valence-electron chi connectivity index (χ0n) is 11.3. The van der Waals surface area contributed by atoms with E-state index in [4.69, 9.17) is 0 Å². The van der Waals surface area contributed by atoms with Gasteiger partial charge in [0.25, 0.3) is 0 Å². The molecule has 0 aliphatic heterocycles. The first-order valence-electron chi connectivity index (χ1n) is 7.04. The molecular formula is C18H19N. The smallest absolute Gasteiger partial charge is 0.0420 e. The van der Waals surface area contributed by atoms with Crippen molar-refractivity contribution < 1.29 is 0 Å². The molecule has 0 atom stereocenters. The molecular weight excluding hydrogens is 230 g/mol. The van der Waals surface area contributed by atoms with Crippen molar-refractivity contribution >= 4 is 27.2 Å². The zero-order valence-corrected chi connectivity index (χ0v) is 11.3. The molecule has 0 aliphatic rings. The van der Waals surface area contributed by atoms with E-state index in [1.165, 1.54) is 40.1 Å². The third-order valence-corrected chi connectivity index (χ3v) is 3.63. The van der Waals surface area contributed by atoms with Crippen molar-refractivity contribution in [2.45, 2.75) is 19.8 Å². The molecule has 19 heavy (non-hydrogen) atoms. The number of anilines is 1. The van der Waals surface area contributed by atoms with Crippen LogP contribution in [0.3, 0.4) is 0 Å². The summed E-state index contributed by atoms with van der Waals surface area (Å²) < 4.78 is 0. The number of nitrogens with one attached hydrogen (secondary N) is 1. The molecule has 1 nitrogen and oxygen atoms in total. The first-order valence-corrected chi connectivity index (χ1v) is 7.04. The van der Waals surface area contributed by atoms with E-state index < -0.39 is 0 Å². The summed E-state index contributed by atoms with van der Waals surface area (Å²) in [6.45, 7) is 3.26. The predicted octanol–water partition coefficient (Wildman–Crippen LogP) is 5.21. The van der Waals surface area contributed by atoms with Crippen LogP contribution in [-0.2, 0) is 0 Å². The highest BCUT2D eigenvalue weighted by Crippen LogP contribution is 2.30. The maximum atomic E-state index is 3.55. The molecule has 3 aromatic carbocycles. The second-order valence-corrected chi connectivity index (χ2v) is 4.97. The SMILES string of the molecule is CCCCNc1cccc2c1ccc1ccccc12. The van der Waals surface area contributed by atoms with Crippen LogP contribution in [0.5, 0.6) is 0 Å². The standard InChI is InChI=1S/C18H19N/c1-2-3-13-19-18-10-6-9-16-15-8-5-4-7-14(15)11-12-17(16)18/h4-12,19H,2-3,13H2,1H3. The highest BCUT2D eigenvalue weighted by atomic mass is 14.9. The molecule has 0 spiro atoms. The van der Waals surface area contributed by atoms with Gasteiger partial charge in [0.15, 0.2) is 0 Å². The Hall–Kier alpha value is -2.02. The van der Waals surface area contributed by atoms with E-state index in [1.807, 2.05) is 0 Å². The monoisotopic (exact) mass is 249 g/mol. The van der Waals surface area contributed by atoms with E-state index in [0.717, 1.165) is 6.54 Å². The van der Waals surface area contributed by atoms with Gasteiger partial charge >= 0.3 is 0 Å². The van der Waals surface area contributed by atoms with Crippen molar-refractivity contribution in [3.8, 4) is 0 Å². The van der Waals surface area contributed by atoms with Gasteiger partial charge in [-0.3, -0.25) is 0 Å². The molecule has 0 unspecified atom stereocenters. The second kappa shape index (κ2) is 5.31. The van der Waals surface area contributed by atoms with E-state index in [9.17, 15) is 0 Å². The van der Waals surface area contributed by atoms with Gasteiger partial charge in [-0.2, -0.15) is 0 Å². The molecule has 1 heteroatoms. The van der Waals surface area contributed by atoms with E-state index in [1.54, 1.807) is 0 Å². The van der Waals surface area contributed by atoms with Crippen LogP contribution in [0.25, 0.3) is 21.5 Å². The van der Waals surface area contributed by atoms with Crippen LogP contribution in [-0.4, -0.2) is 6.54 Å². The minimum atomic E-state index is 1.04. The van der Waals surface area contributed by atoms with Crippen molar-refractivity contribution in [3.05, 3.63) is 54.6 Å². The van der Waals surface area contributed by atoms with Crippen LogP contribution >= 0.6 is 0 Å². The van der Waals surface area contributed by atoms with Crippen LogP contribution < -0.4 is 5.32 Å². The van der Waals surface area contributed by atoms with Crippen LogP contribution in [0.2, 0.25) is 0 Å². The molecule has 0 amide bonds. The molecule has 0 radical (unpaired) electrons. The maximum Gasteiger partial charge on any atom is 0.0420 e. The summed E-state index contributed by atoms with van der Waals surface area (Å²) in [5.41, 5.74) is 1.25. The summed E-state index contributed by atoms with van der Waals surface area (Å²) in [6.07, 6.45) is 2.44. The first kappa shape index (κ1) is 12.0. The highest BCUT2D eigenvalue weighted by molar-refractivity contribution is 6.11. The lowest BCUT2D eigenvalue weighted by molar-refractivity contribution is 0.835. The van der Waals surface area contributed by atoms with Crippen molar-refractivity contribution in [2.75, 3.05) is 11.9 Å². The molecule has 3 aromatic rings. The maximum absolute atomic E-state index is 3.55. The zero-order chi connectivity index (χ0) is 13.1. The lowest BCUT2D eigenvalue weighted by Gasteiger charge is -2.11. The van der Waals surface area contributed by atoms with E-state index in [2.05, 4.69) is 66.8 Å². The fourth-order valence-corrected chi connectivity index (χ4v) is 2.59. The molecule has 0 fully saturated rings. The lowest BCUT2D eigenvalue weighted by Crippen LogP contribution is -2.01. The minimum Gasteiger partial charge on any atom is -0.385 e. The van der Waals surface area contributed by atoms with E-state index in [-0.39, 0.29) is 0 Å². The highest BCUT2D eigenvalue weighted by Gasteiger charge is 2.03. The molecule has 0 aliphatic carbocycles. The summed E-state index contributed by atoms with van der Waals surface area (Å²) in [5.74, 6) is 0. The van der Waals surface area contributed by atoms with Crippen LogP contribution in [0.15, 0.2) is 54.6 Å². The molecule has 0 saturated carbocycles. The van der Waals surface area contributed by atoms with Gasteiger partial charge in [-0.15, -0.1) is 0 Å². The Kier molecular flexibility index (Phi) is 3.37. The summed E-state index contributed by atoms with van der Waals surface area (Å²) in [6, 6.07) is 19.5. The fourth-order valence-electron chi connectivity index (χ4n) is 2.59. The van der Waals surface area contributed by atoms with Crippen molar-refractivity contribution in [3.63, 3.8) is 0 Å². The predicted molar refractivity (Wildman–Crippen MR) is 84.9 cm³/mol. The Morgan fingerprint density at radius 3 is 2.53 bits per heavy atom. The van der Waals surface area contributed by atoms with E-state index >= 15 is 0 Å². The molecule has 96 valence electrons. The summed E-state index contributed by atoms with van der Waals surface area (Å²) >= 11 is 0. The molecule has 0 saturated heterocycles. The average molecular weight is 249 g/mol. The first-order chi connectivity index (χ1) is 9.40. The summed E-state index contributed by atoms with van der Waals surface area (Å²) in [7, 11) is 0. The molecule has 0 heterocycles. The van der Waals surface area contributed by atoms with Crippen LogP contribution in [0, 0.1) is 0 Å². The van der Waals surface area contributed by atoms with Gasteiger partial charge < -0.3 is 5.32 Å². The van der Waals surface area contributed by atoms with Gasteiger partial charge in [0.05, 0.1) is 0 Å². The normalized spacial score (nSPS) is 11.0.